The minimum absolute atomic E-state index is 0.802. The van der Waals surface area contributed by atoms with Crippen LogP contribution in [0.25, 0.3) is 21.9 Å². The molecule has 0 fully saturated rings. The van der Waals surface area contributed by atoms with Crippen LogP contribution in [0.5, 0.6) is 5.75 Å². The first-order chi connectivity index (χ1) is 7.40. The van der Waals surface area contributed by atoms with Gasteiger partial charge in [-0.2, -0.15) is 0 Å². The van der Waals surface area contributed by atoms with Crippen molar-refractivity contribution in [1.29, 1.82) is 0 Å². The molecule has 0 amide bonds. The molecule has 0 radical (unpaired) electrons. The molecular formula is C12H9NO2. The van der Waals surface area contributed by atoms with Gasteiger partial charge in [-0.25, -0.2) is 4.98 Å². The van der Waals surface area contributed by atoms with Gasteiger partial charge >= 0.3 is 0 Å². The number of nitrogens with zero attached hydrogens (tertiary/aromatic N) is 1. The zero-order chi connectivity index (χ0) is 10.3. The summed E-state index contributed by atoms with van der Waals surface area (Å²) in [4.78, 5) is 4.20. The largest absolute Gasteiger partial charge is 0.496 e. The fourth-order valence-electron chi connectivity index (χ4n) is 1.84. The summed E-state index contributed by atoms with van der Waals surface area (Å²) in [6.45, 7) is 0. The summed E-state index contributed by atoms with van der Waals surface area (Å²) in [5.74, 6) is 0.859. The molecule has 74 valence electrons. The number of fused-ring (bicyclic) bond motifs is 3. The van der Waals surface area contributed by atoms with Crippen molar-refractivity contribution in [1.82, 2.24) is 4.98 Å². The molecule has 0 saturated heterocycles. The molecule has 2 aromatic carbocycles. The molecule has 0 saturated carbocycles. The lowest BCUT2D eigenvalue weighted by atomic mass is 10.1. The van der Waals surface area contributed by atoms with E-state index in [0.29, 0.717) is 0 Å². The van der Waals surface area contributed by atoms with Gasteiger partial charge in [0, 0.05) is 10.8 Å². The van der Waals surface area contributed by atoms with Gasteiger partial charge < -0.3 is 9.15 Å². The van der Waals surface area contributed by atoms with Crippen molar-refractivity contribution in [2.45, 2.75) is 0 Å². The third-order valence-electron chi connectivity index (χ3n) is 2.54. The van der Waals surface area contributed by atoms with Crippen molar-refractivity contribution >= 4 is 21.9 Å². The molecule has 1 aromatic heterocycles. The van der Waals surface area contributed by atoms with Gasteiger partial charge in [-0.05, 0) is 18.2 Å². The number of benzene rings is 2. The van der Waals surface area contributed by atoms with Crippen molar-refractivity contribution < 1.29 is 9.15 Å². The molecule has 0 aliphatic carbocycles. The Kier molecular flexibility index (Phi) is 1.65. The number of rotatable bonds is 1. The van der Waals surface area contributed by atoms with Crippen LogP contribution in [-0.2, 0) is 0 Å². The van der Waals surface area contributed by atoms with Crippen LogP contribution in [0.3, 0.4) is 0 Å². The Hall–Kier alpha value is -2.03. The average molecular weight is 199 g/mol. The molecule has 0 aliphatic rings. The maximum Gasteiger partial charge on any atom is 0.182 e. The van der Waals surface area contributed by atoms with E-state index in [1.165, 1.54) is 6.39 Å². The van der Waals surface area contributed by atoms with E-state index >= 15 is 0 Å². The molecule has 3 rings (SSSR count). The third-order valence-corrected chi connectivity index (χ3v) is 2.54. The first-order valence-electron chi connectivity index (χ1n) is 4.69. The summed E-state index contributed by atoms with van der Waals surface area (Å²) in [5, 5.41) is 2.11. The van der Waals surface area contributed by atoms with Crippen molar-refractivity contribution in [2.24, 2.45) is 0 Å². The number of hydrogen-bond donors (Lipinski definition) is 0. The van der Waals surface area contributed by atoms with E-state index in [0.717, 1.165) is 27.6 Å². The molecule has 0 atom stereocenters. The average Bonchev–Trinajstić information content (AvgIpc) is 2.76. The SMILES string of the molecule is COc1cccc2c1ccc1ocnc12. The minimum atomic E-state index is 0.802. The third kappa shape index (κ3) is 1.09. The van der Waals surface area contributed by atoms with Crippen molar-refractivity contribution in [2.75, 3.05) is 7.11 Å². The summed E-state index contributed by atoms with van der Waals surface area (Å²) in [7, 11) is 1.67. The summed E-state index contributed by atoms with van der Waals surface area (Å²) in [5.41, 5.74) is 1.68. The molecule has 0 bridgehead atoms. The lowest BCUT2D eigenvalue weighted by Crippen LogP contribution is -1.84. The quantitative estimate of drug-likeness (QED) is 0.604. The highest BCUT2D eigenvalue weighted by molar-refractivity contribution is 6.05. The van der Waals surface area contributed by atoms with Crippen LogP contribution >= 0.6 is 0 Å². The summed E-state index contributed by atoms with van der Waals surface area (Å²) in [6, 6.07) is 9.81. The van der Waals surface area contributed by atoms with Gasteiger partial charge in [0.2, 0.25) is 0 Å². The van der Waals surface area contributed by atoms with E-state index in [-0.39, 0.29) is 0 Å². The van der Waals surface area contributed by atoms with Gasteiger partial charge in [0.25, 0.3) is 0 Å². The van der Waals surface area contributed by atoms with Crippen LogP contribution in [0.4, 0.5) is 0 Å². The van der Waals surface area contributed by atoms with Gasteiger partial charge in [0.1, 0.15) is 11.3 Å². The monoisotopic (exact) mass is 199 g/mol. The maximum absolute atomic E-state index is 5.29. The molecule has 0 spiro atoms. The lowest BCUT2D eigenvalue weighted by Gasteiger charge is -2.04. The Morgan fingerprint density at radius 1 is 1.13 bits per heavy atom. The van der Waals surface area contributed by atoms with Gasteiger partial charge in [-0.3, -0.25) is 0 Å². The molecule has 15 heavy (non-hydrogen) atoms. The first-order valence-corrected chi connectivity index (χ1v) is 4.69. The lowest BCUT2D eigenvalue weighted by molar-refractivity contribution is 0.420. The van der Waals surface area contributed by atoms with Gasteiger partial charge in [-0.1, -0.05) is 12.1 Å². The van der Waals surface area contributed by atoms with Gasteiger partial charge in [-0.15, -0.1) is 0 Å². The molecule has 1 heterocycles. The molecule has 3 aromatic rings. The van der Waals surface area contributed by atoms with Crippen LogP contribution < -0.4 is 4.74 Å². The second-order valence-electron chi connectivity index (χ2n) is 3.32. The highest BCUT2D eigenvalue weighted by Crippen LogP contribution is 2.30. The van der Waals surface area contributed by atoms with Crippen LogP contribution in [0.2, 0.25) is 0 Å². The number of aromatic nitrogens is 1. The highest BCUT2D eigenvalue weighted by Gasteiger charge is 2.06. The van der Waals surface area contributed by atoms with Crippen LogP contribution in [0, 0.1) is 0 Å². The smallest absolute Gasteiger partial charge is 0.182 e. The Morgan fingerprint density at radius 3 is 2.93 bits per heavy atom. The number of methoxy groups -OCH3 is 1. The fourth-order valence-corrected chi connectivity index (χ4v) is 1.84. The Balaban J connectivity index is 2.53. The molecular weight excluding hydrogens is 190 g/mol. The Morgan fingerprint density at radius 2 is 2.07 bits per heavy atom. The van der Waals surface area contributed by atoms with Crippen LogP contribution in [0.15, 0.2) is 41.1 Å². The molecule has 3 heteroatoms. The first kappa shape index (κ1) is 8.29. The number of ether oxygens (including phenoxy) is 1. The van der Waals surface area contributed by atoms with Gasteiger partial charge in [0.15, 0.2) is 12.0 Å². The zero-order valence-corrected chi connectivity index (χ0v) is 8.23. The second-order valence-corrected chi connectivity index (χ2v) is 3.32. The molecule has 0 aliphatic heterocycles. The predicted octanol–water partition coefficient (Wildman–Crippen LogP) is 2.99. The molecule has 0 N–H and O–H groups in total. The minimum Gasteiger partial charge on any atom is -0.496 e. The van der Waals surface area contributed by atoms with Gasteiger partial charge in [0.05, 0.1) is 7.11 Å². The summed E-state index contributed by atoms with van der Waals surface area (Å²) < 4.78 is 10.5. The number of oxazole rings is 1. The highest BCUT2D eigenvalue weighted by atomic mass is 16.5. The van der Waals surface area contributed by atoms with Crippen LogP contribution in [-0.4, -0.2) is 12.1 Å². The number of hydrogen-bond acceptors (Lipinski definition) is 3. The van der Waals surface area contributed by atoms with Crippen molar-refractivity contribution in [3.63, 3.8) is 0 Å². The second kappa shape index (κ2) is 2.98. The van der Waals surface area contributed by atoms with E-state index in [1.54, 1.807) is 7.11 Å². The van der Waals surface area contributed by atoms with E-state index in [9.17, 15) is 0 Å². The standard InChI is InChI=1S/C12H9NO2/c1-14-10-4-2-3-9-8(10)5-6-11-12(9)13-7-15-11/h2-7H,1H3. The van der Waals surface area contributed by atoms with E-state index < -0.39 is 0 Å². The fraction of sp³-hybridized carbons (Fsp3) is 0.0833. The summed E-state index contributed by atoms with van der Waals surface area (Å²) >= 11 is 0. The Labute approximate surface area is 86.3 Å². The normalized spacial score (nSPS) is 11.0. The molecule has 3 nitrogen and oxygen atoms in total. The zero-order valence-electron chi connectivity index (χ0n) is 8.23. The predicted molar refractivity (Wildman–Crippen MR) is 58.1 cm³/mol. The van der Waals surface area contributed by atoms with E-state index in [1.807, 2.05) is 30.3 Å². The maximum atomic E-state index is 5.29. The molecule has 0 unspecified atom stereocenters. The van der Waals surface area contributed by atoms with Crippen molar-refractivity contribution in [3.8, 4) is 5.75 Å². The van der Waals surface area contributed by atoms with E-state index in [2.05, 4.69) is 4.98 Å². The van der Waals surface area contributed by atoms with E-state index in [4.69, 9.17) is 9.15 Å². The topological polar surface area (TPSA) is 35.3 Å². The summed E-state index contributed by atoms with van der Waals surface area (Å²) in [6.07, 6.45) is 1.46. The Bertz CT molecular complexity index is 628. The van der Waals surface area contributed by atoms with Crippen LogP contribution in [0.1, 0.15) is 0 Å². The van der Waals surface area contributed by atoms with Crippen molar-refractivity contribution in [3.05, 3.63) is 36.7 Å².